The van der Waals surface area contributed by atoms with Crippen molar-refractivity contribution >= 4 is 29.4 Å². The van der Waals surface area contributed by atoms with Gasteiger partial charge in [-0.2, -0.15) is 0 Å². The average molecular weight is 510 g/mol. The average Bonchev–Trinajstić information content (AvgIpc) is 3.33. The van der Waals surface area contributed by atoms with Crippen LogP contribution in [0.5, 0.6) is 0 Å². The molecule has 0 aliphatic heterocycles. The normalized spacial score (nSPS) is 17.6. The molecule has 0 atom stereocenters. The number of rotatable bonds is 7. The molecule has 2 amide bonds. The summed E-state index contributed by atoms with van der Waals surface area (Å²) in [6.45, 7) is 6.18. The van der Waals surface area contributed by atoms with E-state index in [-0.39, 0.29) is 23.7 Å². The van der Waals surface area contributed by atoms with E-state index in [1.54, 1.807) is 12.1 Å². The fourth-order valence-electron chi connectivity index (χ4n) is 4.31. The highest BCUT2D eigenvalue weighted by Crippen LogP contribution is 2.36. The number of nitrogens with zero attached hydrogens (tertiary/aromatic N) is 2. The van der Waals surface area contributed by atoms with E-state index >= 15 is 0 Å². The number of carbonyl (C=O) groups is 2. The second kappa shape index (κ2) is 11.4. The molecule has 37 heavy (non-hydrogen) atoms. The number of nitrogens with one attached hydrogen (secondary N) is 3. The molecule has 4 rings (SSSR count). The summed E-state index contributed by atoms with van der Waals surface area (Å²) in [4.78, 5) is 24.4. The maximum absolute atomic E-state index is 13.8. The Labute approximate surface area is 215 Å². The Hall–Kier alpha value is -3.95. The van der Waals surface area contributed by atoms with Gasteiger partial charge in [0.2, 0.25) is 0 Å². The maximum Gasteiger partial charge on any atom is 0.407 e. The molecule has 3 aromatic rings. The van der Waals surface area contributed by atoms with Gasteiger partial charge in [-0.05, 0) is 88.1 Å². The summed E-state index contributed by atoms with van der Waals surface area (Å²) in [6.07, 6.45) is 3.75. The number of alkyl carbamates (subject to hydrolysis) is 1. The number of carbonyl (C=O) groups excluding carboxylic acids is 2. The highest BCUT2D eigenvalue weighted by molar-refractivity contribution is 6.00. The third-order valence-electron chi connectivity index (χ3n) is 6.16. The number of aromatic nitrogens is 2. The minimum Gasteiger partial charge on any atom is -0.444 e. The first-order valence-electron chi connectivity index (χ1n) is 12.4. The SMILES string of the molecule is CC(C)(C)OC(=O)NCC1CCC(c2ccc(NC(=O)c3nnc(Nc4ccccc4F)o3)cc2)CC1. The predicted molar refractivity (Wildman–Crippen MR) is 137 cm³/mol. The molecular formula is C27H32FN5O4. The zero-order valence-electron chi connectivity index (χ0n) is 21.2. The fourth-order valence-corrected chi connectivity index (χ4v) is 4.31. The number of amides is 2. The number of anilines is 3. The second-order valence-corrected chi connectivity index (χ2v) is 10.2. The summed E-state index contributed by atoms with van der Waals surface area (Å²) in [5.41, 5.74) is 1.49. The van der Waals surface area contributed by atoms with E-state index < -0.39 is 17.3 Å². The molecule has 1 saturated carbocycles. The van der Waals surface area contributed by atoms with Crippen molar-refractivity contribution in [3.8, 4) is 0 Å². The van der Waals surface area contributed by atoms with Gasteiger partial charge in [0.15, 0.2) is 0 Å². The lowest BCUT2D eigenvalue weighted by molar-refractivity contribution is 0.0514. The van der Waals surface area contributed by atoms with Crippen molar-refractivity contribution in [3.63, 3.8) is 0 Å². The highest BCUT2D eigenvalue weighted by atomic mass is 19.1. The van der Waals surface area contributed by atoms with Gasteiger partial charge in [-0.25, -0.2) is 9.18 Å². The van der Waals surface area contributed by atoms with Gasteiger partial charge < -0.3 is 25.1 Å². The van der Waals surface area contributed by atoms with Gasteiger partial charge in [0, 0.05) is 12.2 Å². The van der Waals surface area contributed by atoms with Gasteiger partial charge in [-0.15, -0.1) is 5.10 Å². The molecular weight excluding hydrogens is 477 g/mol. The van der Waals surface area contributed by atoms with E-state index in [1.807, 2.05) is 45.0 Å². The van der Waals surface area contributed by atoms with E-state index in [0.29, 0.717) is 24.1 Å². The molecule has 0 spiro atoms. The van der Waals surface area contributed by atoms with Crippen LogP contribution in [0.15, 0.2) is 52.9 Å². The number of hydrogen-bond donors (Lipinski definition) is 3. The third-order valence-corrected chi connectivity index (χ3v) is 6.16. The summed E-state index contributed by atoms with van der Waals surface area (Å²) in [5.74, 6) is -0.390. The Morgan fingerprint density at radius 3 is 2.41 bits per heavy atom. The first kappa shape index (κ1) is 26.1. The van der Waals surface area contributed by atoms with Crippen LogP contribution >= 0.6 is 0 Å². The molecule has 10 heteroatoms. The third kappa shape index (κ3) is 7.52. The Bertz CT molecular complexity index is 1210. The molecule has 0 saturated heterocycles. The maximum atomic E-state index is 13.8. The number of halogens is 1. The van der Waals surface area contributed by atoms with Crippen molar-refractivity contribution in [1.29, 1.82) is 0 Å². The van der Waals surface area contributed by atoms with Gasteiger partial charge in [0.25, 0.3) is 0 Å². The molecule has 196 valence electrons. The number of para-hydroxylation sites is 1. The first-order valence-corrected chi connectivity index (χ1v) is 12.4. The summed E-state index contributed by atoms with van der Waals surface area (Å²) >= 11 is 0. The minimum atomic E-state index is -0.556. The molecule has 2 aromatic carbocycles. The zero-order valence-corrected chi connectivity index (χ0v) is 21.2. The Balaban J connectivity index is 1.24. The summed E-state index contributed by atoms with van der Waals surface area (Å²) in [5, 5.41) is 15.8. The smallest absolute Gasteiger partial charge is 0.407 e. The number of hydrogen-bond acceptors (Lipinski definition) is 7. The van der Waals surface area contributed by atoms with Gasteiger partial charge in [-0.1, -0.05) is 29.4 Å². The van der Waals surface area contributed by atoms with E-state index in [0.717, 1.165) is 25.7 Å². The van der Waals surface area contributed by atoms with Crippen molar-refractivity contribution in [2.45, 2.75) is 58.0 Å². The van der Waals surface area contributed by atoms with Crippen LogP contribution in [0.3, 0.4) is 0 Å². The number of ether oxygens (including phenoxy) is 1. The van der Waals surface area contributed by atoms with Crippen LogP contribution in [0.2, 0.25) is 0 Å². The van der Waals surface area contributed by atoms with Crippen LogP contribution < -0.4 is 16.0 Å². The Kier molecular flexibility index (Phi) is 8.05. The second-order valence-electron chi connectivity index (χ2n) is 10.2. The van der Waals surface area contributed by atoms with Crippen LogP contribution in [0.25, 0.3) is 0 Å². The lowest BCUT2D eigenvalue weighted by atomic mass is 9.78. The summed E-state index contributed by atoms with van der Waals surface area (Å²) in [6, 6.07) is 13.7. The largest absolute Gasteiger partial charge is 0.444 e. The van der Waals surface area contributed by atoms with Gasteiger partial charge in [0.1, 0.15) is 11.4 Å². The minimum absolute atomic E-state index is 0.0810. The molecule has 1 aliphatic rings. The standard InChI is InChI=1S/C27H32FN5O4/c1-27(2,3)37-26(35)29-16-17-8-10-18(11-9-17)19-12-14-20(15-13-19)30-23(34)24-32-33-25(36-24)31-22-7-5-4-6-21(22)28/h4-7,12-15,17-18H,8-11,16H2,1-3H3,(H,29,35)(H,30,34)(H,31,33). The van der Waals surface area contributed by atoms with E-state index in [9.17, 15) is 14.0 Å². The molecule has 1 heterocycles. The monoisotopic (exact) mass is 509 g/mol. The summed E-state index contributed by atoms with van der Waals surface area (Å²) in [7, 11) is 0. The predicted octanol–water partition coefficient (Wildman–Crippen LogP) is 6.00. The molecule has 1 fully saturated rings. The molecule has 9 nitrogen and oxygen atoms in total. The van der Waals surface area contributed by atoms with Crippen LogP contribution in [-0.2, 0) is 4.74 Å². The van der Waals surface area contributed by atoms with Crippen LogP contribution in [-0.4, -0.2) is 34.3 Å². The molecule has 1 aliphatic carbocycles. The molecule has 1 aromatic heterocycles. The van der Waals surface area contributed by atoms with Crippen LogP contribution in [0.4, 0.5) is 26.6 Å². The highest BCUT2D eigenvalue weighted by Gasteiger charge is 2.24. The Morgan fingerprint density at radius 1 is 1.03 bits per heavy atom. The van der Waals surface area contributed by atoms with Crippen molar-refractivity contribution in [3.05, 3.63) is 65.8 Å². The summed E-state index contributed by atoms with van der Waals surface area (Å²) < 4.78 is 24.4. The Morgan fingerprint density at radius 2 is 1.73 bits per heavy atom. The molecule has 0 unspecified atom stereocenters. The van der Waals surface area contributed by atoms with Crippen LogP contribution in [0, 0.1) is 11.7 Å². The van der Waals surface area contributed by atoms with Gasteiger partial charge in [0.05, 0.1) is 5.69 Å². The lowest BCUT2D eigenvalue weighted by Crippen LogP contribution is -2.36. The topological polar surface area (TPSA) is 118 Å². The number of benzene rings is 2. The van der Waals surface area contributed by atoms with Crippen molar-refractivity contribution in [2.24, 2.45) is 5.92 Å². The van der Waals surface area contributed by atoms with E-state index in [1.165, 1.54) is 17.7 Å². The molecule has 0 bridgehead atoms. The quantitative estimate of drug-likeness (QED) is 0.357. The van der Waals surface area contributed by atoms with Crippen LogP contribution in [0.1, 0.15) is 68.6 Å². The van der Waals surface area contributed by atoms with E-state index in [4.69, 9.17) is 9.15 Å². The first-order chi connectivity index (χ1) is 17.7. The zero-order chi connectivity index (χ0) is 26.4. The van der Waals surface area contributed by atoms with Gasteiger partial charge in [-0.3, -0.25) is 4.79 Å². The van der Waals surface area contributed by atoms with Crippen molar-refractivity contribution < 1.29 is 23.1 Å². The van der Waals surface area contributed by atoms with Crippen molar-refractivity contribution in [1.82, 2.24) is 15.5 Å². The van der Waals surface area contributed by atoms with E-state index in [2.05, 4.69) is 26.1 Å². The molecule has 0 radical (unpaired) electrons. The van der Waals surface area contributed by atoms with Crippen molar-refractivity contribution in [2.75, 3.05) is 17.2 Å². The lowest BCUT2D eigenvalue weighted by Gasteiger charge is -2.29. The fraction of sp³-hybridized carbons (Fsp3) is 0.407. The molecule has 3 N–H and O–H groups in total. The van der Waals surface area contributed by atoms with Gasteiger partial charge >= 0.3 is 23.9 Å².